The predicted octanol–water partition coefficient (Wildman–Crippen LogP) is 1.18. The number of carbonyl (C=O) groups excluding carboxylic acids is 1. The van der Waals surface area contributed by atoms with Crippen LogP contribution in [0.5, 0.6) is 0 Å². The third-order valence-corrected chi connectivity index (χ3v) is 4.74. The summed E-state index contributed by atoms with van der Waals surface area (Å²) in [6.45, 7) is 4.62. The van der Waals surface area contributed by atoms with E-state index in [4.69, 9.17) is 10.9 Å². The second-order valence-corrected chi connectivity index (χ2v) is 6.17. The van der Waals surface area contributed by atoms with Crippen molar-refractivity contribution in [3.63, 3.8) is 0 Å². The third-order valence-electron chi connectivity index (χ3n) is 3.80. The Kier molecular flexibility index (Phi) is 5.40. The van der Waals surface area contributed by atoms with E-state index in [-0.39, 0.29) is 17.8 Å². The van der Waals surface area contributed by atoms with Gasteiger partial charge in [0.2, 0.25) is 0 Å². The zero-order valence-corrected chi connectivity index (χ0v) is 14.0. The Morgan fingerprint density at radius 2 is 1.95 bits per heavy atom. The van der Waals surface area contributed by atoms with Gasteiger partial charge in [0.15, 0.2) is 5.84 Å². The number of amidine groups is 1. The summed E-state index contributed by atoms with van der Waals surface area (Å²) in [6, 6.07) is 7.48. The number of oxime groups is 1. The highest BCUT2D eigenvalue weighted by atomic mass is 127. The summed E-state index contributed by atoms with van der Waals surface area (Å²) >= 11 is 2.18. The summed E-state index contributed by atoms with van der Waals surface area (Å²) in [7, 11) is 0. The Labute approximate surface area is 137 Å². The molecule has 1 aliphatic heterocycles. The van der Waals surface area contributed by atoms with E-state index in [0.717, 1.165) is 9.13 Å². The average molecular weight is 402 g/mol. The predicted molar refractivity (Wildman–Crippen MR) is 89.5 cm³/mol. The highest BCUT2D eigenvalue weighted by Gasteiger charge is 2.26. The van der Waals surface area contributed by atoms with E-state index >= 15 is 0 Å². The highest BCUT2D eigenvalue weighted by molar-refractivity contribution is 14.1. The number of carbonyl (C=O) groups is 1. The van der Waals surface area contributed by atoms with Gasteiger partial charge < -0.3 is 15.8 Å². The topological polar surface area (TPSA) is 82.2 Å². The highest BCUT2D eigenvalue weighted by Crippen LogP contribution is 2.16. The van der Waals surface area contributed by atoms with Crippen molar-refractivity contribution < 1.29 is 10.0 Å². The van der Waals surface area contributed by atoms with Crippen molar-refractivity contribution in [3.05, 3.63) is 33.4 Å². The fourth-order valence-electron chi connectivity index (χ4n) is 2.39. The molecule has 21 heavy (non-hydrogen) atoms. The zero-order chi connectivity index (χ0) is 15.4. The molecule has 3 N–H and O–H groups in total. The van der Waals surface area contributed by atoms with Crippen LogP contribution in [0.2, 0.25) is 0 Å². The van der Waals surface area contributed by atoms with E-state index < -0.39 is 0 Å². The van der Waals surface area contributed by atoms with Gasteiger partial charge in [0.25, 0.3) is 5.91 Å². The van der Waals surface area contributed by atoms with Gasteiger partial charge in [-0.25, -0.2) is 0 Å². The van der Waals surface area contributed by atoms with Gasteiger partial charge in [-0.15, -0.1) is 0 Å². The summed E-state index contributed by atoms with van der Waals surface area (Å²) in [5, 5.41) is 11.8. The minimum atomic E-state index is -0.121. The lowest BCUT2D eigenvalue weighted by molar-refractivity contribution is 0.0618. The summed E-state index contributed by atoms with van der Waals surface area (Å²) in [4.78, 5) is 16.5. The summed E-state index contributed by atoms with van der Waals surface area (Å²) in [5.74, 6) is 0.267. The molecule has 1 fully saturated rings. The van der Waals surface area contributed by atoms with Crippen LogP contribution in [0.4, 0.5) is 0 Å². The van der Waals surface area contributed by atoms with E-state index in [0.29, 0.717) is 26.2 Å². The normalized spacial score (nSPS) is 18.6. The quantitative estimate of drug-likeness (QED) is 0.262. The lowest BCUT2D eigenvalue weighted by Gasteiger charge is -2.37. The molecule has 1 unspecified atom stereocenters. The Morgan fingerprint density at radius 3 is 2.52 bits per heavy atom. The molecule has 0 spiro atoms. The molecule has 1 amide bonds. The molecule has 0 aliphatic carbocycles. The van der Waals surface area contributed by atoms with Gasteiger partial charge in [0.05, 0.1) is 11.6 Å². The molecule has 114 valence electrons. The minimum Gasteiger partial charge on any atom is -0.409 e. The lowest BCUT2D eigenvalue weighted by Crippen LogP contribution is -2.54. The van der Waals surface area contributed by atoms with Crippen molar-refractivity contribution >= 4 is 34.3 Å². The number of halogens is 1. The van der Waals surface area contributed by atoms with Gasteiger partial charge in [-0.2, -0.15) is 0 Å². The van der Waals surface area contributed by atoms with Gasteiger partial charge in [-0.3, -0.25) is 9.69 Å². The van der Waals surface area contributed by atoms with E-state index in [1.54, 1.807) is 0 Å². The number of benzene rings is 1. The molecule has 6 nitrogen and oxygen atoms in total. The second kappa shape index (κ2) is 7.08. The molecule has 2 rings (SSSR count). The summed E-state index contributed by atoms with van der Waals surface area (Å²) in [6.07, 6.45) is 0. The van der Waals surface area contributed by atoms with Crippen molar-refractivity contribution in [1.29, 1.82) is 0 Å². The first kappa shape index (κ1) is 16.0. The minimum absolute atomic E-state index is 0.0658. The van der Waals surface area contributed by atoms with Crippen molar-refractivity contribution in [2.45, 2.75) is 13.0 Å². The molecule has 1 heterocycles. The number of piperazine rings is 1. The number of amides is 1. The van der Waals surface area contributed by atoms with E-state index in [2.05, 4.69) is 32.6 Å². The molecule has 0 aromatic heterocycles. The zero-order valence-electron chi connectivity index (χ0n) is 11.9. The van der Waals surface area contributed by atoms with Crippen molar-refractivity contribution in [2.24, 2.45) is 10.9 Å². The Hall–Kier alpha value is -1.35. The van der Waals surface area contributed by atoms with Crippen LogP contribution in [0.3, 0.4) is 0 Å². The maximum Gasteiger partial charge on any atom is 0.255 e. The monoisotopic (exact) mass is 402 g/mol. The first-order valence-electron chi connectivity index (χ1n) is 6.80. The van der Waals surface area contributed by atoms with Crippen LogP contribution in [-0.4, -0.2) is 59.0 Å². The molecule has 1 atom stereocenters. The third kappa shape index (κ3) is 3.65. The van der Waals surface area contributed by atoms with E-state index in [9.17, 15) is 4.79 Å². The second-order valence-electron chi connectivity index (χ2n) is 5.01. The van der Waals surface area contributed by atoms with Crippen LogP contribution in [0, 0.1) is 3.57 Å². The summed E-state index contributed by atoms with van der Waals surface area (Å²) in [5.41, 5.74) is 6.38. The van der Waals surface area contributed by atoms with Gasteiger partial charge in [0, 0.05) is 29.7 Å². The molecule has 1 saturated heterocycles. The van der Waals surface area contributed by atoms with Gasteiger partial charge in [-0.1, -0.05) is 17.3 Å². The van der Waals surface area contributed by atoms with E-state index in [1.807, 2.05) is 36.1 Å². The van der Waals surface area contributed by atoms with Gasteiger partial charge in [0.1, 0.15) is 0 Å². The first-order valence-corrected chi connectivity index (χ1v) is 7.87. The molecular weight excluding hydrogens is 383 g/mol. The maximum absolute atomic E-state index is 12.5. The van der Waals surface area contributed by atoms with Crippen molar-refractivity contribution in [3.8, 4) is 0 Å². The van der Waals surface area contributed by atoms with Crippen molar-refractivity contribution in [2.75, 3.05) is 26.2 Å². The number of hydrogen-bond donors (Lipinski definition) is 2. The molecule has 7 heteroatoms. The summed E-state index contributed by atoms with van der Waals surface area (Å²) < 4.78 is 0.965. The molecule has 1 aromatic rings. The van der Waals surface area contributed by atoms with E-state index in [1.165, 1.54) is 0 Å². The Morgan fingerprint density at radius 1 is 1.33 bits per heavy atom. The molecule has 0 saturated carbocycles. The van der Waals surface area contributed by atoms with Crippen LogP contribution in [0.1, 0.15) is 17.3 Å². The number of nitrogens with zero attached hydrogens (tertiary/aromatic N) is 3. The van der Waals surface area contributed by atoms with Crippen LogP contribution in [0.15, 0.2) is 29.4 Å². The van der Waals surface area contributed by atoms with Gasteiger partial charge >= 0.3 is 0 Å². The fourth-order valence-corrected chi connectivity index (χ4v) is 3.01. The SMILES string of the molecule is CC(C(N)=NO)N1CCN(C(=O)c2ccccc2I)CC1. The molecular formula is C14H19IN4O2. The van der Waals surface area contributed by atoms with Crippen LogP contribution < -0.4 is 5.73 Å². The Bertz CT molecular complexity index is 542. The van der Waals surface area contributed by atoms with Crippen LogP contribution in [0.25, 0.3) is 0 Å². The maximum atomic E-state index is 12.5. The fraction of sp³-hybridized carbons (Fsp3) is 0.429. The molecule has 0 bridgehead atoms. The van der Waals surface area contributed by atoms with Crippen LogP contribution in [-0.2, 0) is 0 Å². The number of nitrogens with two attached hydrogens (primary N) is 1. The first-order chi connectivity index (χ1) is 10.0. The standard InChI is InChI=1S/C14H19IN4O2/c1-10(13(16)17-21)18-6-8-19(9-7-18)14(20)11-4-2-3-5-12(11)15/h2-5,10,21H,6-9H2,1H3,(H2,16,17). The number of rotatable bonds is 3. The van der Waals surface area contributed by atoms with Crippen molar-refractivity contribution in [1.82, 2.24) is 9.80 Å². The largest absolute Gasteiger partial charge is 0.409 e. The lowest BCUT2D eigenvalue weighted by atomic mass is 10.1. The van der Waals surface area contributed by atoms with Crippen LogP contribution >= 0.6 is 22.6 Å². The molecule has 1 aromatic carbocycles. The Balaban J connectivity index is 1.98. The molecule has 0 radical (unpaired) electrons. The average Bonchev–Trinajstić information content (AvgIpc) is 2.53. The molecule has 1 aliphatic rings. The number of hydrogen-bond acceptors (Lipinski definition) is 4. The smallest absolute Gasteiger partial charge is 0.255 e. The van der Waals surface area contributed by atoms with Gasteiger partial charge in [-0.05, 0) is 41.6 Å².